The van der Waals surface area contributed by atoms with E-state index in [4.69, 9.17) is 0 Å². The average molecular weight is 423 g/mol. The van der Waals surface area contributed by atoms with Crippen LogP contribution in [0.5, 0.6) is 0 Å². The molecule has 3 rings (SSSR count). The van der Waals surface area contributed by atoms with Crippen molar-refractivity contribution < 1.29 is 16.8 Å². The van der Waals surface area contributed by atoms with Gasteiger partial charge >= 0.3 is 0 Å². The summed E-state index contributed by atoms with van der Waals surface area (Å²) in [5.74, 6) is 0.0327. The first-order chi connectivity index (χ1) is 13.2. The summed E-state index contributed by atoms with van der Waals surface area (Å²) in [6.45, 7) is 6.82. The van der Waals surface area contributed by atoms with Gasteiger partial charge in [0.05, 0.1) is 21.2 Å². The lowest BCUT2D eigenvalue weighted by molar-refractivity contribution is 0.384. The van der Waals surface area contributed by atoms with Crippen molar-refractivity contribution in [3.05, 3.63) is 53.6 Å². The molecule has 0 radical (unpaired) electrons. The van der Waals surface area contributed by atoms with E-state index in [0.717, 1.165) is 11.1 Å². The number of rotatable bonds is 5. The molecular formula is C20H26N2O4S2. The third-order valence-electron chi connectivity index (χ3n) is 5.12. The van der Waals surface area contributed by atoms with Crippen LogP contribution in [0.4, 0.5) is 5.69 Å². The molecule has 152 valence electrons. The quantitative estimate of drug-likeness (QED) is 0.740. The van der Waals surface area contributed by atoms with E-state index in [1.54, 1.807) is 38.1 Å². The molecule has 1 heterocycles. The number of nitrogens with zero attached hydrogens (tertiary/aromatic N) is 2. The highest BCUT2D eigenvalue weighted by Gasteiger charge is 2.31. The van der Waals surface area contributed by atoms with Crippen LogP contribution in [0.2, 0.25) is 0 Å². The zero-order valence-electron chi connectivity index (χ0n) is 16.4. The number of anilines is 1. The Labute approximate surface area is 167 Å². The summed E-state index contributed by atoms with van der Waals surface area (Å²) >= 11 is 0. The molecule has 28 heavy (non-hydrogen) atoms. The fourth-order valence-electron chi connectivity index (χ4n) is 3.43. The monoisotopic (exact) mass is 422 g/mol. The van der Waals surface area contributed by atoms with Crippen molar-refractivity contribution in [2.24, 2.45) is 0 Å². The third kappa shape index (κ3) is 3.94. The lowest BCUT2D eigenvalue weighted by Crippen LogP contribution is -2.49. The first kappa shape index (κ1) is 20.8. The van der Waals surface area contributed by atoms with Crippen molar-refractivity contribution in [3.63, 3.8) is 0 Å². The molecule has 1 aliphatic heterocycles. The second-order valence-corrected chi connectivity index (χ2v) is 11.2. The lowest BCUT2D eigenvalue weighted by Gasteiger charge is -2.36. The van der Waals surface area contributed by atoms with Crippen LogP contribution in [0.1, 0.15) is 18.1 Å². The number of benzene rings is 2. The lowest BCUT2D eigenvalue weighted by atomic mass is 10.2. The number of sulfonamides is 1. The van der Waals surface area contributed by atoms with Gasteiger partial charge < -0.3 is 4.90 Å². The van der Waals surface area contributed by atoms with Gasteiger partial charge in [0.1, 0.15) is 0 Å². The zero-order valence-corrected chi connectivity index (χ0v) is 18.1. The van der Waals surface area contributed by atoms with E-state index >= 15 is 0 Å². The molecule has 0 unspecified atom stereocenters. The zero-order chi connectivity index (χ0) is 20.5. The van der Waals surface area contributed by atoms with E-state index in [-0.39, 0.29) is 5.75 Å². The van der Waals surface area contributed by atoms with Crippen LogP contribution in [0, 0.1) is 13.8 Å². The topological polar surface area (TPSA) is 74.8 Å². The van der Waals surface area contributed by atoms with E-state index in [1.165, 1.54) is 4.31 Å². The maximum Gasteiger partial charge on any atom is 0.243 e. The Morgan fingerprint density at radius 1 is 0.857 bits per heavy atom. The summed E-state index contributed by atoms with van der Waals surface area (Å²) in [6.07, 6.45) is 0. The summed E-state index contributed by atoms with van der Waals surface area (Å²) in [6, 6.07) is 12.4. The largest absolute Gasteiger partial charge is 0.368 e. The van der Waals surface area contributed by atoms with Crippen molar-refractivity contribution >= 4 is 25.5 Å². The number of piperazine rings is 1. The highest BCUT2D eigenvalue weighted by atomic mass is 32.2. The molecule has 6 nitrogen and oxygen atoms in total. The van der Waals surface area contributed by atoms with E-state index in [1.807, 2.05) is 30.0 Å². The van der Waals surface area contributed by atoms with Crippen LogP contribution < -0.4 is 4.90 Å². The molecular weight excluding hydrogens is 396 g/mol. The van der Waals surface area contributed by atoms with Gasteiger partial charge in [-0.05, 0) is 43.2 Å². The number of hydrogen-bond acceptors (Lipinski definition) is 5. The SMILES string of the molecule is CCS(=O)(=O)c1ccccc1N1CCN(S(=O)(=O)c2cc(C)ccc2C)CC1. The summed E-state index contributed by atoms with van der Waals surface area (Å²) < 4.78 is 52.5. The van der Waals surface area contributed by atoms with Crippen molar-refractivity contribution in [3.8, 4) is 0 Å². The highest BCUT2D eigenvalue weighted by Crippen LogP contribution is 2.28. The first-order valence-corrected chi connectivity index (χ1v) is 12.4. The minimum atomic E-state index is -3.58. The fourth-order valence-corrected chi connectivity index (χ4v) is 6.28. The second kappa shape index (κ2) is 7.85. The Balaban J connectivity index is 1.83. The van der Waals surface area contributed by atoms with Crippen LogP contribution in [0.25, 0.3) is 0 Å². The molecule has 2 aromatic rings. The molecule has 0 aliphatic carbocycles. The molecule has 0 saturated carbocycles. The highest BCUT2D eigenvalue weighted by molar-refractivity contribution is 7.91. The molecule has 0 N–H and O–H groups in total. The fraction of sp³-hybridized carbons (Fsp3) is 0.400. The molecule has 1 aliphatic rings. The molecule has 0 spiro atoms. The number of para-hydroxylation sites is 1. The van der Waals surface area contributed by atoms with Gasteiger partial charge in [0.25, 0.3) is 0 Å². The molecule has 1 fully saturated rings. The number of sulfone groups is 1. The summed E-state index contributed by atoms with van der Waals surface area (Å²) in [7, 11) is -6.92. The van der Waals surface area contributed by atoms with Gasteiger partial charge in [-0.3, -0.25) is 0 Å². The molecule has 0 bridgehead atoms. The van der Waals surface area contributed by atoms with E-state index in [0.29, 0.717) is 41.7 Å². The van der Waals surface area contributed by atoms with Gasteiger partial charge in [-0.2, -0.15) is 4.31 Å². The van der Waals surface area contributed by atoms with Gasteiger partial charge in [0, 0.05) is 26.2 Å². The van der Waals surface area contributed by atoms with Crippen molar-refractivity contribution in [2.45, 2.75) is 30.6 Å². The Bertz CT molecular complexity index is 1070. The summed E-state index contributed by atoms with van der Waals surface area (Å²) in [5, 5.41) is 0. The minimum absolute atomic E-state index is 0.0327. The first-order valence-electron chi connectivity index (χ1n) is 9.31. The van der Waals surface area contributed by atoms with E-state index in [9.17, 15) is 16.8 Å². The van der Waals surface area contributed by atoms with Crippen molar-refractivity contribution in [1.29, 1.82) is 0 Å². The van der Waals surface area contributed by atoms with Crippen LogP contribution in [0.3, 0.4) is 0 Å². The van der Waals surface area contributed by atoms with E-state index < -0.39 is 19.9 Å². The van der Waals surface area contributed by atoms with Gasteiger partial charge in [-0.1, -0.05) is 31.2 Å². The Morgan fingerprint density at radius 3 is 2.14 bits per heavy atom. The molecule has 8 heteroatoms. The Kier molecular flexibility index (Phi) is 5.84. The van der Waals surface area contributed by atoms with Crippen molar-refractivity contribution in [1.82, 2.24) is 4.31 Å². The van der Waals surface area contributed by atoms with Crippen LogP contribution in [0.15, 0.2) is 52.3 Å². The normalized spacial score (nSPS) is 16.3. The second-order valence-electron chi connectivity index (χ2n) is 7.03. The Hall–Kier alpha value is -1.90. The van der Waals surface area contributed by atoms with Gasteiger partial charge in [-0.25, -0.2) is 16.8 Å². The molecule has 0 atom stereocenters. The maximum atomic E-state index is 13.1. The Morgan fingerprint density at radius 2 is 1.50 bits per heavy atom. The minimum Gasteiger partial charge on any atom is -0.368 e. The number of aryl methyl sites for hydroxylation is 2. The predicted octanol–water partition coefficient (Wildman–Crippen LogP) is 2.61. The van der Waals surface area contributed by atoms with Gasteiger partial charge in [0.2, 0.25) is 10.0 Å². The van der Waals surface area contributed by atoms with Crippen LogP contribution >= 0.6 is 0 Å². The number of hydrogen-bond donors (Lipinski definition) is 0. The average Bonchev–Trinajstić information content (AvgIpc) is 2.70. The smallest absolute Gasteiger partial charge is 0.243 e. The molecule has 0 amide bonds. The summed E-state index contributed by atoms with van der Waals surface area (Å²) in [4.78, 5) is 2.61. The van der Waals surface area contributed by atoms with Gasteiger partial charge in [-0.15, -0.1) is 0 Å². The predicted molar refractivity (Wildman–Crippen MR) is 111 cm³/mol. The maximum absolute atomic E-state index is 13.1. The van der Waals surface area contributed by atoms with Crippen LogP contribution in [-0.2, 0) is 19.9 Å². The summed E-state index contributed by atoms with van der Waals surface area (Å²) in [5.41, 5.74) is 2.28. The molecule has 2 aromatic carbocycles. The van der Waals surface area contributed by atoms with Crippen LogP contribution in [-0.4, -0.2) is 53.1 Å². The van der Waals surface area contributed by atoms with Crippen molar-refractivity contribution in [2.75, 3.05) is 36.8 Å². The van der Waals surface area contributed by atoms with E-state index in [2.05, 4.69) is 0 Å². The third-order valence-corrected chi connectivity index (χ3v) is 8.94. The molecule has 1 saturated heterocycles. The van der Waals surface area contributed by atoms with Gasteiger partial charge in [0.15, 0.2) is 9.84 Å². The standard InChI is InChI=1S/C20H26N2O4S2/c1-4-27(23,24)19-8-6-5-7-18(19)21-11-13-22(14-12-21)28(25,26)20-15-16(2)9-10-17(20)3/h5-10,15H,4,11-14H2,1-3H3. The molecule has 0 aromatic heterocycles.